The number of primary amides is 2. The molecule has 0 radical (unpaired) electrons. The first-order valence-corrected chi connectivity index (χ1v) is 14.7. The number of carbonyl (C=O) groups excluding carboxylic acids is 8. The molecule has 0 aromatic heterocycles. The van der Waals surface area contributed by atoms with E-state index >= 15 is 0 Å². The summed E-state index contributed by atoms with van der Waals surface area (Å²) < 4.78 is 0. The second-order valence-electron chi connectivity index (χ2n) is 11.3. The van der Waals surface area contributed by atoms with Gasteiger partial charge < -0.3 is 59.3 Å². The molecule has 8 amide bonds. The molecule has 0 rings (SSSR count). The molecule has 48 heavy (non-hydrogen) atoms. The zero-order chi connectivity index (χ0) is 37.5. The van der Waals surface area contributed by atoms with Gasteiger partial charge in [0.1, 0.15) is 36.3 Å². The molecule has 0 aromatic carbocycles. The number of amides is 8. The van der Waals surface area contributed by atoms with E-state index in [0.29, 0.717) is 0 Å². The third kappa shape index (κ3) is 15.8. The largest absolute Gasteiger partial charge is 0.481 e. The molecule has 0 saturated carbocycles. The Balaban J connectivity index is 5.86. The quantitative estimate of drug-likeness (QED) is 0.0537. The van der Waals surface area contributed by atoms with Crippen LogP contribution in [0.25, 0.3) is 0 Å². The first-order valence-electron chi connectivity index (χ1n) is 14.7. The summed E-state index contributed by atoms with van der Waals surface area (Å²) in [4.78, 5) is 122. The van der Waals surface area contributed by atoms with E-state index in [4.69, 9.17) is 27.4 Å². The lowest BCUT2D eigenvalue weighted by atomic mass is 10.0. The van der Waals surface area contributed by atoms with Gasteiger partial charge in [-0.1, -0.05) is 13.8 Å². The van der Waals surface area contributed by atoms with Crippen molar-refractivity contribution in [1.82, 2.24) is 31.9 Å². The maximum absolute atomic E-state index is 13.1. The molecule has 0 aliphatic carbocycles. The summed E-state index contributed by atoms with van der Waals surface area (Å²) in [5, 5.41) is 31.6. The van der Waals surface area contributed by atoms with Crippen molar-refractivity contribution in [2.45, 2.75) is 103 Å². The predicted molar refractivity (Wildman–Crippen MR) is 164 cm³/mol. The van der Waals surface area contributed by atoms with E-state index in [1.54, 1.807) is 13.8 Å². The van der Waals surface area contributed by atoms with Crippen molar-refractivity contribution >= 4 is 59.2 Å². The minimum absolute atomic E-state index is 0.511. The molecule has 0 bridgehead atoms. The van der Waals surface area contributed by atoms with Gasteiger partial charge in [-0.15, -0.1) is 0 Å². The van der Waals surface area contributed by atoms with Gasteiger partial charge in [-0.05, 0) is 33.1 Å². The summed E-state index contributed by atoms with van der Waals surface area (Å²) in [6.07, 6.45) is -2.54. The normalized spacial score (nSPS) is 15.1. The SMILES string of the molecule is CC(C)[C@H](NC(=O)[C@H](CC(N)=O)NC(=O)[C@H](C)N)C(=O)N[C@@H](C)C(=O)N[C@@H](CCC(=O)O)C(=O)N[C@@H](CC(N)=O)C(=O)N[C@@H](C)C(=O)O. The van der Waals surface area contributed by atoms with Crippen LogP contribution in [0.1, 0.15) is 60.3 Å². The number of carbonyl (C=O) groups is 10. The number of nitrogens with two attached hydrogens (primary N) is 3. The lowest BCUT2D eigenvalue weighted by molar-refractivity contribution is -0.142. The van der Waals surface area contributed by atoms with Crippen molar-refractivity contribution in [2.24, 2.45) is 23.1 Å². The second kappa shape index (κ2) is 20.0. The first kappa shape index (κ1) is 42.7. The molecule has 270 valence electrons. The molecule has 7 atom stereocenters. The third-order valence-corrected chi connectivity index (χ3v) is 6.50. The summed E-state index contributed by atoms with van der Waals surface area (Å²) in [5.74, 6) is -11.2. The highest BCUT2D eigenvalue weighted by Gasteiger charge is 2.33. The lowest BCUT2D eigenvalue weighted by Gasteiger charge is -2.27. The van der Waals surface area contributed by atoms with Crippen LogP contribution in [0.15, 0.2) is 0 Å². The van der Waals surface area contributed by atoms with Gasteiger partial charge in [-0.25, -0.2) is 0 Å². The standard InChI is InChI=1S/C27H45N9O12/c1-10(2)20(36-25(45)16(9-18(30)38)34-21(41)11(3)28)26(46)31-12(4)22(42)33-14(6-7-19(39)40)23(43)35-15(8-17(29)37)24(44)32-13(5)27(47)48/h10-16,20H,6-9,28H2,1-5H3,(H2,29,37)(H2,30,38)(H,31,46)(H,32,44)(H,33,42)(H,34,41)(H,35,43)(H,36,45)(H,39,40)(H,47,48)/t11-,12-,13-,14-,15-,16-,20-/m0/s1. The molecule has 0 aliphatic heterocycles. The van der Waals surface area contributed by atoms with Crippen LogP contribution in [0.3, 0.4) is 0 Å². The van der Waals surface area contributed by atoms with E-state index < -0.39 is 133 Å². The number of hydrogen-bond donors (Lipinski definition) is 11. The van der Waals surface area contributed by atoms with E-state index in [-0.39, 0.29) is 0 Å². The molecule has 14 N–H and O–H groups in total. The number of carboxylic acid groups (broad SMARTS) is 2. The van der Waals surface area contributed by atoms with Crippen LogP contribution >= 0.6 is 0 Å². The van der Waals surface area contributed by atoms with Gasteiger partial charge >= 0.3 is 11.9 Å². The third-order valence-electron chi connectivity index (χ3n) is 6.50. The molecule has 21 heteroatoms. The fraction of sp³-hybridized carbons (Fsp3) is 0.630. The topological polar surface area (TPSA) is 361 Å². The highest BCUT2D eigenvalue weighted by atomic mass is 16.4. The molecular formula is C27H45N9O12. The molecule has 0 heterocycles. The summed E-state index contributed by atoms with van der Waals surface area (Å²) >= 11 is 0. The number of carboxylic acids is 2. The Morgan fingerprint density at radius 3 is 1.38 bits per heavy atom. The maximum atomic E-state index is 13.1. The summed E-state index contributed by atoms with van der Waals surface area (Å²) in [6.45, 7) is 6.74. The fourth-order valence-electron chi connectivity index (χ4n) is 3.76. The second-order valence-corrected chi connectivity index (χ2v) is 11.3. The monoisotopic (exact) mass is 687 g/mol. The molecule has 0 unspecified atom stereocenters. The number of aliphatic carboxylic acids is 2. The van der Waals surface area contributed by atoms with E-state index in [2.05, 4.69) is 31.9 Å². The molecule has 0 fully saturated rings. The zero-order valence-corrected chi connectivity index (χ0v) is 27.2. The van der Waals surface area contributed by atoms with Crippen LogP contribution in [-0.2, 0) is 47.9 Å². The van der Waals surface area contributed by atoms with Crippen molar-refractivity contribution in [3.63, 3.8) is 0 Å². The number of nitrogens with one attached hydrogen (secondary N) is 6. The van der Waals surface area contributed by atoms with Crippen molar-refractivity contribution in [3.8, 4) is 0 Å². The zero-order valence-electron chi connectivity index (χ0n) is 27.2. The van der Waals surface area contributed by atoms with Crippen LogP contribution in [-0.4, -0.2) is 112 Å². The Kier molecular flexibility index (Phi) is 17.8. The number of rotatable bonds is 21. The first-order chi connectivity index (χ1) is 22.1. The van der Waals surface area contributed by atoms with Gasteiger partial charge in [-0.2, -0.15) is 0 Å². The van der Waals surface area contributed by atoms with Gasteiger partial charge in [0.05, 0.1) is 18.9 Å². The smallest absolute Gasteiger partial charge is 0.325 e. The minimum atomic E-state index is -1.69. The summed E-state index contributed by atoms with van der Waals surface area (Å²) in [7, 11) is 0. The lowest BCUT2D eigenvalue weighted by Crippen LogP contribution is -2.60. The number of hydrogen-bond acceptors (Lipinski definition) is 11. The summed E-state index contributed by atoms with van der Waals surface area (Å²) in [5.41, 5.74) is 15.8. The fourth-order valence-corrected chi connectivity index (χ4v) is 3.76. The molecule has 0 aliphatic rings. The van der Waals surface area contributed by atoms with E-state index in [1.807, 2.05) is 0 Å². The van der Waals surface area contributed by atoms with Crippen LogP contribution in [0, 0.1) is 5.92 Å². The Labute approximate surface area is 275 Å². The average molecular weight is 688 g/mol. The van der Waals surface area contributed by atoms with Gasteiger partial charge in [-0.3, -0.25) is 47.9 Å². The average Bonchev–Trinajstić information content (AvgIpc) is 2.95. The van der Waals surface area contributed by atoms with Crippen LogP contribution in [0.2, 0.25) is 0 Å². The Morgan fingerprint density at radius 1 is 0.542 bits per heavy atom. The maximum Gasteiger partial charge on any atom is 0.325 e. The molecule has 21 nitrogen and oxygen atoms in total. The van der Waals surface area contributed by atoms with E-state index in [1.165, 1.54) is 13.8 Å². The minimum Gasteiger partial charge on any atom is -0.481 e. The van der Waals surface area contributed by atoms with E-state index in [9.17, 15) is 47.9 Å². The van der Waals surface area contributed by atoms with E-state index in [0.717, 1.165) is 6.92 Å². The van der Waals surface area contributed by atoms with Crippen molar-refractivity contribution < 1.29 is 58.2 Å². The van der Waals surface area contributed by atoms with Gasteiger partial charge in [0.15, 0.2) is 0 Å². The van der Waals surface area contributed by atoms with Gasteiger partial charge in [0.25, 0.3) is 0 Å². The highest BCUT2D eigenvalue weighted by molar-refractivity contribution is 5.98. The molecule has 0 spiro atoms. The molecule has 0 aromatic rings. The molecular weight excluding hydrogens is 642 g/mol. The van der Waals surface area contributed by atoms with Crippen molar-refractivity contribution in [2.75, 3.05) is 0 Å². The van der Waals surface area contributed by atoms with Crippen LogP contribution in [0.4, 0.5) is 0 Å². The van der Waals surface area contributed by atoms with Gasteiger partial charge in [0, 0.05) is 6.42 Å². The summed E-state index contributed by atoms with van der Waals surface area (Å²) in [6, 6.07) is -9.97. The van der Waals surface area contributed by atoms with Crippen molar-refractivity contribution in [3.05, 3.63) is 0 Å². The Bertz CT molecular complexity index is 1260. The van der Waals surface area contributed by atoms with Crippen LogP contribution < -0.4 is 49.1 Å². The van der Waals surface area contributed by atoms with Crippen LogP contribution in [0.5, 0.6) is 0 Å². The van der Waals surface area contributed by atoms with Crippen molar-refractivity contribution in [1.29, 1.82) is 0 Å². The Morgan fingerprint density at radius 2 is 0.958 bits per heavy atom. The van der Waals surface area contributed by atoms with Gasteiger partial charge in [0.2, 0.25) is 47.3 Å². The predicted octanol–water partition coefficient (Wildman–Crippen LogP) is -5.36. The highest BCUT2D eigenvalue weighted by Crippen LogP contribution is 2.06. The molecule has 0 saturated heterocycles. The Hall–Kier alpha value is -5.34.